The topological polar surface area (TPSA) is 15.3 Å². The normalized spacial score (nSPS) is 13.0. The Labute approximate surface area is 135 Å². The van der Waals surface area contributed by atoms with Crippen molar-refractivity contribution in [1.29, 1.82) is 0 Å². The van der Waals surface area contributed by atoms with Crippen LogP contribution in [0.2, 0.25) is 0 Å². The summed E-state index contributed by atoms with van der Waals surface area (Å²) in [6.07, 6.45) is 1.05. The van der Waals surface area contributed by atoms with Gasteiger partial charge >= 0.3 is 0 Å². The second-order valence-electron chi connectivity index (χ2n) is 5.54. The fourth-order valence-corrected chi connectivity index (χ4v) is 3.83. The molecule has 0 saturated carbocycles. The molecule has 2 nitrogen and oxygen atoms in total. The summed E-state index contributed by atoms with van der Waals surface area (Å²) in [5.74, 6) is 0. The Morgan fingerprint density at radius 2 is 1.73 bits per heavy atom. The van der Waals surface area contributed by atoms with Crippen LogP contribution in [0.3, 0.4) is 0 Å². The highest BCUT2D eigenvalue weighted by atomic mass is 32.1. The first kappa shape index (κ1) is 13.4. The molecule has 22 heavy (non-hydrogen) atoms. The maximum atomic E-state index is 3.56. The molecule has 1 aliphatic heterocycles. The van der Waals surface area contributed by atoms with E-state index in [4.69, 9.17) is 0 Å². The van der Waals surface area contributed by atoms with E-state index >= 15 is 0 Å². The molecule has 0 radical (unpaired) electrons. The molecule has 3 heteroatoms. The van der Waals surface area contributed by atoms with Crippen molar-refractivity contribution >= 4 is 28.4 Å². The van der Waals surface area contributed by atoms with E-state index in [0.717, 1.165) is 19.5 Å². The lowest BCUT2D eigenvalue weighted by Gasteiger charge is -2.25. The molecule has 2 aromatic carbocycles. The number of fused-ring (bicyclic) bond motifs is 2. The molecule has 4 rings (SSSR count). The number of para-hydroxylation sites is 2. The van der Waals surface area contributed by atoms with Gasteiger partial charge in [-0.05, 0) is 29.5 Å². The van der Waals surface area contributed by atoms with Gasteiger partial charge in [0.15, 0.2) is 0 Å². The molecule has 0 bridgehead atoms. The second kappa shape index (κ2) is 5.85. The zero-order valence-corrected chi connectivity index (χ0v) is 13.1. The highest BCUT2D eigenvalue weighted by Gasteiger charge is 2.20. The first-order chi connectivity index (χ1) is 10.9. The molecule has 0 saturated heterocycles. The SMILES string of the molecule is c1ccc(CCN2c3cscc3CNc3ccccc32)cc1. The van der Waals surface area contributed by atoms with Crippen molar-refractivity contribution < 1.29 is 0 Å². The molecule has 110 valence electrons. The van der Waals surface area contributed by atoms with Crippen molar-refractivity contribution in [3.8, 4) is 0 Å². The van der Waals surface area contributed by atoms with Crippen molar-refractivity contribution in [2.75, 3.05) is 16.8 Å². The zero-order valence-electron chi connectivity index (χ0n) is 12.3. The Kier molecular flexibility index (Phi) is 3.57. The minimum absolute atomic E-state index is 0.900. The lowest BCUT2D eigenvalue weighted by molar-refractivity contribution is 0.916. The summed E-state index contributed by atoms with van der Waals surface area (Å²) < 4.78 is 0. The number of hydrogen-bond donors (Lipinski definition) is 1. The van der Waals surface area contributed by atoms with Crippen molar-refractivity contribution in [3.05, 3.63) is 76.5 Å². The Bertz CT molecular complexity index is 764. The minimum atomic E-state index is 0.900. The third kappa shape index (κ3) is 2.48. The summed E-state index contributed by atoms with van der Waals surface area (Å²) in [4.78, 5) is 2.45. The van der Waals surface area contributed by atoms with Gasteiger partial charge in [-0.25, -0.2) is 0 Å². The van der Waals surface area contributed by atoms with Crippen LogP contribution in [0.25, 0.3) is 0 Å². The van der Waals surface area contributed by atoms with Crippen LogP contribution in [0.1, 0.15) is 11.1 Å². The number of nitrogens with zero attached hydrogens (tertiary/aromatic N) is 1. The molecule has 0 unspecified atom stereocenters. The van der Waals surface area contributed by atoms with Crippen LogP contribution < -0.4 is 10.2 Å². The summed E-state index contributed by atoms with van der Waals surface area (Å²) in [5, 5.41) is 8.08. The molecule has 1 aromatic heterocycles. The van der Waals surface area contributed by atoms with Crippen LogP contribution >= 0.6 is 11.3 Å². The molecule has 1 N–H and O–H groups in total. The van der Waals surface area contributed by atoms with Gasteiger partial charge in [0.05, 0.1) is 17.1 Å². The summed E-state index contributed by atoms with van der Waals surface area (Å²) in [6.45, 7) is 1.89. The fourth-order valence-electron chi connectivity index (χ4n) is 2.99. The van der Waals surface area contributed by atoms with Crippen molar-refractivity contribution in [3.63, 3.8) is 0 Å². The van der Waals surface area contributed by atoms with Gasteiger partial charge in [0, 0.05) is 24.0 Å². The Morgan fingerprint density at radius 1 is 0.909 bits per heavy atom. The van der Waals surface area contributed by atoms with Gasteiger partial charge in [0.25, 0.3) is 0 Å². The summed E-state index contributed by atoms with van der Waals surface area (Å²) in [7, 11) is 0. The molecule has 0 spiro atoms. The van der Waals surface area contributed by atoms with Crippen molar-refractivity contribution in [1.82, 2.24) is 0 Å². The number of anilines is 3. The van der Waals surface area contributed by atoms with E-state index in [2.05, 4.69) is 75.6 Å². The zero-order chi connectivity index (χ0) is 14.8. The number of thiophene rings is 1. The van der Waals surface area contributed by atoms with E-state index in [1.54, 1.807) is 11.3 Å². The Balaban J connectivity index is 1.68. The molecule has 1 aliphatic rings. The lowest BCUT2D eigenvalue weighted by atomic mass is 10.1. The average molecular weight is 306 g/mol. The van der Waals surface area contributed by atoms with Crippen molar-refractivity contribution in [2.45, 2.75) is 13.0 Å². The van der Waals surface area contributed by atoms with Gasteiger partial charge in [0.1, 0.15) is 0 Å². The summed E-state index contributed by atoms with van der Waals surface area (Å²) >= 11 is 1.78. The molecule has 0 aliphatic carbocycles. The standard InChI is InChI=1S/C19H18N2S/c1-2-6-15(7-3-1)10-11-21-18-9-5-4-8-17(18)20-12-16-13-22-14-19(16)21/h1-9,13-14,20H,10-12H2. The van der Waals surface area contributed by atoms with E-state index in [1.165, 1.54) is 28.2 Å². The largest absolute Gasteiger partial charge is 0.379 e. The third-order valence-electron chi connectivity index (χ3n) is 4.14. The fraction of sp³-hybridized carbons (Fsp3) is 0.158. The molecule has 0 atom stereocenters. The predicted molar refractivity (Wildman–Crippen MR) is 95.2 cm³/mol. The number of nitrogens with one attached hydrogen (secondary N) is 1. The van der Waals surface area contributed by atoms with Crippen LogP contribution in [0, 0.1) is 0 Å². The molecule has 2 heterocycles. The van der Waals surface area contributed by atoms with Gasteiger partial charge < -0.3 is 10.2 Å². The van der Waals surface area contributed by atoms with E-state index in [9.17, 15) is 0 Å². The van der Waals surface area contributed by atoms with Gasteiger partial charge in [-0.1, -0.05) is 42.5 Å². The highest BCUT2D eigenvalue weighted by Crippen LogP contribution is 2.39. The predicted octanol–water partition coefficient (Wildman–Crippen LogP) is 5.05. The maximum absolute atomic E-state index is 3.56. The Morgan fingerprint density at radius 3 is 2.64 bits per heavy atom. The van der Waals surface area contributed by atoms with E-state index in [1.807, 2.05) is 0 Å². The monoisotopic (exact) mass is 306 g/mol. The second-order valence-corrected chi connectivity index (χ2v) is 6.28. The van der Waals surface area contributed by atoms with Crippen LogP contribution in [0.15, 0.2) is 65.4 Å². The molecular formula is C19H18N2S. The van der Waals surface area contributed by atoms with Gasteiger partial charge in [0.2, 0.25) is 0 Å². The van der Waals surface area contributed by atoms with E-state index in [-0.39, 0.29) is 0 Å². The Hall–Kier alpha value is -2.26. The van der Waals surface area contributed by atoms with E-state index < -0.39 is 0 Å². The number of hydrogen-bond acceptors (Lipinski definition) is 3. The van der Waals surface area contributed by atoms with Gasteiger partial charge in [-0.15, -0.1) is 11.3 Å². The lowest BCUT2D eigenvalue weighted by Crippen LogP contribution is -2.20. The first-order valence-corrected chi connectivity index (χ1v) is 8.55. The van der Waals surface area contributed by atoms with Crippen LogP contribution in [-0.4, -0.2) is 6.54 Å². The number of benzene rings is 2. The van der Waals surface area contributed by atoms with Crippen LogP contribution in [0.4, 0.5) is 17.1 Å². The quantitative estimate of drug-likeness (QED) is 0.728. The average Bonchev–Trinajstić information content (AvgIpc) is 2.98. The van der Waals surface area contributed by atoms with Gasteiger partial charge in [-0.2, -0.15) is 0 Å². The van der Waals surface area contributed by atoms with Crippen LogP contribution in [-0.2, 0) is 13.0 Å². The highest BCUT2D eigenvalue weighted by molar-refractivity contribution is 7.08. The van der Waals surface area contributed by atoms with Crippen LogP contribution in [0.5, 0.6) is 0 Å². The molecule has 0 fully saturated rings. The summed E-state index contributed by atoms with van der Waals surface area (Å²) in [6, 6.07) is 19.3. The maximum Gasteiger partial charge on any atom is 0.0646 e. The van der Waals surface area contributed by atoms with Gasteiger partial charge in [-0.3, -0.25) is 0 Å². The third-order valence-corrected chi connectivity index (χ3v) is 4.92. The minimum Gasteiger partial charge on any atom is -0.379 e. The number of rotatable bonds is 3. The smallest absolute Gasteiger partial charge is 0.0646 e. The summed E-state index contributed by atoms with van der Waals surface area (Å²) in [5.41, 5.74) is 6.61. The molecule has 0 amide bonds. The van der Waals surface area contributed by atoms with E-state index in [0.29, 0.717) is 0 Å². The van der Waals surface area contributed by atoms with Crippen molar-refractivity contribution in [2.24, 2.45) is 0 Å². The molecular weight excluding hydrogens is 288 g/mol. The molecule has 3 aromatic rings. The first-order valence-electron chi connectivity index (χ1n) is 7.61.